The van der Waals surface area contributed by atoms with E-state index in [1.165, 1.54) is 24.1 Å². The summed E-state index contributed by atoms with van der Waals surface area (Å²) >= 11 is 5.68. The van der Waals surface area contributed by atoms with Crippen LogP contribution in [0.15, 0.2) is 30.5 Å². The number of hydrogen-bond acceptors (Lipinski definition) is 4. The smallest absolute Gasteiger partial charge is 0.305 e. The molecule has 0 saturated carbocycles. The molecule has 2 aromatic heterocycles. The molecule has 7 heteroatoms. The molecule has 2 aromatic rings. The largest absolute Gasteiger partial charge is 0.469 e. The number of aromatic nitrogens is 2. The van der Waals surface area contributed by atoms with Crippen LogP contribution in [0.2, 0.25) is 0 Å². The van der Waals surface area contributed by atoms with Crippen LogP contribution < -0.4 is 5.32 Å². The minimum absolute atomic E-state index is 0.0300. The first kappa shape index (κ1) is 20.3. The van der Waals surface area contributed by atoms with Crippen molar-refractivity contribution in [3.8, 4) is 0 Å². The van der Waals surface area contributed by atoms with Crippen molar-refractivity contribution in [3.05, 3.63) is 53.1 Å². The fourth-order valence-electron chi connectivity index (χ4n) is 4.09. The molecule has 0 unspecified atom stereocenters. The van der Waals surface area contributed by atoms with Crippen LogP contribution in [0, 0.1) is 13.8 Å². The topological polar surface area (TPSA) is 59.4 Å². The van der Waals surface area contributed by atoms with Gasteiger partial charge in [-0.15, -0.1) is 0 Å². The molecule has 0 aliphatic carbocycles. The number of thiocarbonyl (C=S) groups is 1. The van der Waals surface area contributed by atoms with Crippen LogP contribution in [0.5, 0.6) is 0 Å². The highest BCUT2D eigenvalue weighted by atomic mass is 32.1. The lowest BCUT2D eigenvalue weighted by atomic mass is 9.96. The van der Waals surface area contributed by atoms with Crippen molar-refractivity contribution >= 4 is 23.3 Å². The summed E-state index contributed by atoms with van der Waals surface area (Å²) in [4.78, 5) is 18.3. The van der Waals surface area contributed by atoms with Crippen LogP contribution in [0.4, 0.5) is 0 Å². The summed E-state index contributed by atoms with van der Waals surface area (Å²) < 4.78 is 7.10. The summed E-state index contributed by atoms with van der Waals surface area (Å²) in [6.45, 7) is 8.07. The van der Waals surface area contributed by atoms with E-state index in [9.17, 15) is 4.79 Å². The fourth-order valence-corrected chi connectivity index (χ4v) is 4.43. The van der Waals surface area contributed by atoms with Crippen LogP contribution in [-0.2, 0) is 16.1 Å². The van der Waals surface area contributed by atoms with Crippen LogP contribution in [0.25, 0.3) is 0 Å². The molecule has 2 atom stereocenters. The second kappa shape index (κ2) is 8.73. The molecule has 1 saturated heterocycles. The van der Waals surface area contributed by atoms with Crippen LogP contribution in [0.1, 0.15) is 54.5 Å². The molecule has 150 valence electrons. The first-order valence-electron chi connectivity index (χ1n) is 9.69. The quantitative estimate of drug-likeness (QED) is 0.567. The molecule has 1 aliphatic heterocycles. The molecule has 3 rings (SSSR count). The Bertz CT molecular complexity index is 850. The van der Waals surface area contributed by atoms with E-state index in [1.807, 2.05) is 24.4 Å². The van der Waals surface area contributed by atoms with Gasteiger partial charge in [0.05, 0.1) is 24.9 Å². The molecular weight excluding hydrogens is 372 g/mol. The number of carbonyl (C=O) groups excluding carboxylic acids is 1. The highest BCUT2D eigenvalue weighted by Gasteiger charge is 2.41. The Balaban J connectivity index is 1.96. The van der Waals surface area contributed by atoms with Gasteiger partial charge in [-0.25, -0.2) is 0 Å². The monoisotopic (exact) mass is 400 g/mol. The minimum atomic E-state index is -0.194. The van der Waals surface area contributed by atoms with Gasteiger partial charge in [-0.05, 0) is 63.2 Å². The maximum atomic E-state index is 11.5. The zero-order valence-corrected chi connectivity index (χ0v) is 17.8. The SMILES string of the molecule is CCn1c(C)cc([C@H]2[C@H](c3ccccn3)NC(=S)N2CCCC(=O)OC)c1C. The van der Waals surface area contributed by atoms with Gasteiger partial charge in [0.15, 0.2) is 5.11 Å². The van der Waals surface area contributed by atoms with Gasteiger partial charge in [0.2, 0.25) is 0 Å². The molecule has 1 fully saturated rings. The van der Waals surface area contributed by atoms with Crippen molar-refractivity contribution in [3.63, 3.8) is 0 Å². The number of carbonyl (C=O) groups is 1. The summed E-state index contributed by atoms with van der Waals surface area (Å²) in [6, 6.07) is 8.21. The molecule has 0 spiro atoms. The summed E-state index contributed by atoms with van der Waals surface area (Å²) in [5.74, 6) is -0.194. The van der Waals surface area contributed by atoms with Gasteiger partial charge in [-0.2, -0.15) is 0 Å². The summed E-state index contributed by atoms with van der Waals surface area (Å²) in [5, 5.41) is 4.17. The maximum absolute atomic E-state index is 11.5. The summed E-state index contributed by atoms with van der Waals surface area (Å²) in [6.07, 6.45) is 2.88. The van der Waals surface area contributed by atoms with E-state index in [4.69, 9.17) is 17.0 Å². The van der Waals surface area contributed by atoms with Crippen molar-refractivity contribution in [1.29, 1.82) is 0 Å². The highest BCUT2D eigenvalue weighted by molar-refractivity contribution is 7.80. The first-order chi connectivity index (χ1) is 13.5. The van der Waals surface area contributed by atoms with Crippen LogP contribution in [-0.4, -0.2) is 39.2 Å². The third-order valence-electron chi connectivity index (χ3n) is 5.45. The summed E-state index contributed by atoms with van der Waals surface area (Å²) in [7, 11) is 1.42. The lowest BCUT2D eigenvalue weighted by Crippen LogP contribution is -2.31. The number of pyridine rings is 1. The number of aryl methyl sites for hydroxylation is 1. The second-order valence-electron chi connectivity index (χ2n) is 7.07. The lowest BCUT2D eigenvalue weighted by Gasteiger charge is -2.28. The zero-order chi connectivity index (χ0) is 20.3. The van der Waals surface area contributed by atoms with Crippen LogP contribution in [0.3, 0.4) is 0 Å². The van der Waals surface area contributed by atoms with E-state index in [0.717, 1.165) is 12.2 Å². The molecule has 3 heterocycles. The van der Waals surface area contributed by atoms with Crippen molar-refractivity contribution in [2.24, 2.45) is 0 Å². The van der Waals surface area contributed by atoms with Gasteiger partial charge < -0.3 is 19.5 Å². The van der Waals surface area contributed by atoms with Gasteiger partial charge in [-0.3, -0.25) is 9.78 Å². The first-order valence-corrected chi connectivity index (χ1v) is 10.1. The zero-order valence-electron chi connectivity index (χ0n) is 16.9. The van der Waals surface area contributed by atoms with E-state index in [1.54, 1.807) is 0 Å². The maximum Gasteiger partial charge on any atom is 0.305 e. The Kier molecular flexibility index (Phi) is 6.34. The minimum Gasteiger partial charge on any atom is -0.469 e. The van der Waals surface area contributed by atoms with E-state index in [-0.39, 0.29) is 18.1 Å². The lowest BCUT2D eigenvalue weighted by molar-refractivity contribution is -0.140. The van der Waals surface area contributed by atoms with Gasteiger partial charge in [0, 0.05) is 37.1 Å². The van der Waals surface area contributed by atoms with Gasteiger partial charge in [0.25, 0.3) is 0 Å². The molecule has 0 radical (unpaired) electrons. The molecule has 1 aliphatic rings. The number of nitrogens with one attached hydrogen (secondary N) is 1. The number of methoxy groups -OCH3 is 1. The number of nitrogens with zero attached hydrogens (tertiary/aromatic N) is 3. The number of ether oxygens (including phenoxy) is 1. The van der Waals surface area contributed by atoms with E-state index in [2.05, 4.69) is 46.6 Å². The molecule has 0 bridgehead atoms. The standard InChI is InChI=1S/C21H28N4O2S/c1-5-24-14(2)13-16(15(24)3)20-19(17-9-6-7-11-22-17)23-21(28)25(20)12-8-10-18(26)27-4/h6-7,9,11,13,19-20H,5,8,10,12H2,1-4H3,(H,23,28)/t19-,20-/m0/s1. The van der Waals surface area contributed by atoms with Crippen molar-refractivity contribution in [2.75, 3.05) is 13.7 Å². The van der Waals surface area contributed by atoms with Gasteiger partial charge in [-0.1, -0.05) is 6.07 Å². The molecule has 0 aromatic carbocycles. The number of hydrogen-bond donors (Lipinski definition) is 1. The number of rotatable bonds is 7. The fraction of sp³-hybridized carbons (Fsp3) is 0.476. The second-order valence-corrected chi connectivity index (χ2v) is 7.46. The Hall–Kier alpha value is -2.41. The Labute approximate surface area is 171 Å². The van der Waals surface area contributed by atoms with Crippen LogP contribution >= 0.6 is 12.2 Å². The molecule has 1 N–H and O–H groups in total. The third-order valence-corrected chi connectivity index (χ3v) is 5.81. The molecule has 0 amide bonds. The Morgan fingerprint density at radius 2 is 2.14 bits per heavy atom. The number of esters is 1. The van der Waals surface area contributed by atoms with Gasteiger partial charge in [0.1, 0.15) is 0 Å². The van der Waals surface area contributed by atoms with Gasteiger partial charge >= 0.3 is 5.97 Å². The molecular formula is C21H28N4O2S. The van der Waals surface area contributed by atoms with E-state index in [0.29, 0.717) is 24.5 Å². The normalized spacial score (nSPS) is 19.0. The predicted molar refractivity (Wildman–Crippen MR) is 113 cm³/mol. The average Bonchev–Trinajstić information content (AvgIpc) is 3.17. The van der Waals surface area contributed by atoms with Crippen molar-refractivity contribution in [1.82, 2.24) is 19.8 Å². The average molecular weight is 401 g/mol. The summed E-state index contributed by atoms with van der Waals surface area (Å²) in [5.41, 5.74) is 4.70. The highest BCUT2D eigenvalue weighted by Crippen LogP contribution is 2.40. The van der Waals surface area contributed by atoms with Crippen molar-refractivity contribution < 1.29 is 9.53 Å². The third kappa shape index (κ3) is 3.90. The predicted octanol–water partition coefficient (Wildman–Crippen LogP) is 3.45. The molecule has 6 nitrogen and oxygen atoms in total. The Morgan fingerprint density at radius 1 is 1.36 bits per heavy atom. The van der Waals surface area contributed by atoms with E-state index < -0.39 is 0 Å². The molecule has 28 heavy (non-hydrogen) atoms. The van der Waals surface area contributed by atoms with Crippen molar-refractivity contribution in [2.45, 2.75) is 52.2 Å². The van der Waals surface area contributed by atoms with E-state index >= 15 is 0 Å². The Morgan fingerprint density at radius 3 is 2.75 bits per heavy atom.